The molecule has 0 fully saturated rings. The molecule has 0 heterocycles. The summed E-state index contributed by atoms with van der Waals surface area (Å²) in [4.78, 5) is 12.1. The van der Waals surface area contributed by atoms with Gasteiger partial charge in [0.1, 0.15) is 0 Å². The Bertz CT molecular complexity index is 556. The van der Waals surface area contributed by atoms with Gasteiger partial charge in [-0.05, 0) is 37.6 Å². The van der Waals surface area contributed by atoms with E-state index in [2.05, 4.69) is 5.32 Å². The zero-order valence-corrected chi connectivity index (χ0v) is 13.1. The number of aryl methyl sites for hydroxylation is 2. The summed E-state index contributed by atoms with van der Waals surface area (Å²) in [6.45, 7) is 7.87. The highest BCUT2D eigenvalue weighted by molar-refractivity contribution is 6.34. The average molecular weight is 290 g/mol. The molecule has 0 aromatic heterocycles. The van der Waals surface area contributed by atoms with Crippen molar-refractivity contribution >= 4 is 23.2 Å². The molecule has 0 bridgehead atoms. The van der Waals surface area contributed by atoms with Crippen molar-refractivity contribution in [3.8, 4) is 0 Å². The summed E-state index contributed by atoms with van der Waals surface area (Å²) in [7, 11) is 0. The molecule has 20 heavy (non-hydrogen) atoms. The summed E-state index contributed by atoms with van der Waals surface area (Å²) in [6.07, 6.45) is 0. The number of anilines is 1. The molecule has 106 valence electrons. The number of carbonyl (C=O) groups excluding carboxylic acids is 1. The zero-order valence-electron chi connectivity index (χ0n) is 12.3. The largest absolute Gasteiger partial charge is 0.322 e. The van der Waals surface area contributed by atoms with Crippen molar-refractivity contribution in [1.29, 1.82) is 0 Å². The number of hydrogen-bond donors (Lipinski definition) is 1. The van der Waals surface area contributed by atoms with Crippen LogP contribution in [0.2, 0.25) is 5.02 Å². The summed E-state index contributed by atoms with van der Waals surface area (Å²) >= 11 is 6.06. The Morgan fingerprint density at radius 2 is 1.60 bits per heavy atom. The molecule has 0 saturated carbocycles. The van der Waals surface area contributed by atoms with Crippen molar-refractivity contribution in [1.82, 2.24) is 0 Å². The molecule has 0 spiro atoms. The highest BCUT2D eigenvalue weighted by Crippen LogP contribution is 2.21. The van der Waals surface area contributed by atoms with Crippen molar-refractivity contribution in [2.24, 2.45) is 0 Å². The number of halogens is 1. The van der Waals surface area contributed by atoms with Crippen molar-refractivity contribution in [2.45, 2.75) is 27.7 Å². The predicted molar refractivity (Wildman–Crippen MR) is 86.7 cm³/mol. The molecule has 2 aromatic rings. The van der Waals surface area contributed by atoms with Crippen molar-refractivity contribution in [3.05, 3.63) is 64.2 Å². The van der Waals surface area contributed by atoms with Crippen LogP contribution >= 0.6 is 11.6 Å². The van der Waals surface area contributed by atoms with Gasteiger partial charge >= 0.3 is 0 Å². The van der Waals surface area contributed by atoms with Crippen LogP contribution in [0.5, 0.6) is 0 Å². The molecule has 2 rings (SSSR count). The van der Waals surface area contributed by atoms with E-state index in [-0.39, 0.29) is 5.91 Å². The van der Waals surface area contributed by atoms with Gasteiger partial charge in [0.05, 0.1) is 10.6 Å². The fraction of sp³-hybridized carbons (Fsp3) is 0.235. The summed E-state index contributed by atoms with van der Waals surface area (Å²) in [5, 5.41) is 3.32. The van der Waals surface area contributed by atoms with Crippen LogP contribution in [0, 0.1) is 13.8 Å². The van der Waals surface area contributed by atoms with Crippen LogP contribution in [0.25, 0.3) is 0 Å². The van der Waals surface area contributed by atoms with E-state index in [1.165, 1.54) is 0 Å². The minimum absolute atomic E-state index is 0.179. The van der Waals surface area contributed by atoms with E-state index in [4.69, 9.17) is 11.6 Å². The summed E-state index contributed by atoms with van der Waals surface area (Å²) in [6, 6.07) is 13.1. The second-order valence-corrected chi connectivity index (χ2v) is 4.66. The lowest BCUT2D eigenvalue weighted by Crippen LogP contribution is -2.13. The Labute approximate surface area is 125 Å². The maximum atomic E-state index is 12.1. The third kappa shape index (κ3) is 4.10. The van der Waals surface area contributed by atoms with Gasteiger partial charge < -0.3 is 5.32 Å². The van der Waals surface area contributed by atoms with Crippen molar-refractivity contribution in [3.63, 3.8) is 0 Å². The zero-order chi connectivity index (χ0) is 15.1. The minimum atomic E-state index is -0.179. The predicted octanol–water partition coefficient (Wildman–Crippen LogP) is 5.24. The smallest absolute Gasteiger partial charge is 0.257 e. The van der Waals surface area contributed by atoms with E-state index in [9.17, 15) is 4.79 Å². The Hall–Kier alpha value is -1.80. The molecule has 0 aliphatic carbocycles. The number of hydrogen-bond acceptors (Lipinski definition) is 1. The van der Waals surface area contributed by atoms with Crippen molar-refractivity contribution in [2.75, 3.05) is 5.32 Å². The van der Waals surface area contributed by atoms with Gasteiger partial charge in [-0.2, -0.15) is 0 Å². The van der Waals surface area contributed by atoms with E-state index < -0.39 is 0 Å². The van der Waals surface area contributed by atoms with Gasteiger partial charge in [-0.1, -0.05) is 55.3 Å². The van der Waals surface area contributed by atoms with Crippen LogP contribution in [-0.2, 0) is 0 Å². The lowest BCUT2D eigenvalue weighted by molar-refractivity contribution is 0.102. The molecule has 0 atom stereocenters. The van der Waals surface area contributed by atoms with Crippen LogP contribution in [0.1, 0.15) is 35.3 Å². The Morgan fingerprint density at radius 3 is 2.15 bits per heavy atom. The summed E-state index contributed by atoms with van der Waals surface area (Å²) < 4.78 is 0. The Balaban J connectivity index is 0.000000956. The quantitative estimate of drug-likeness (QED) is 0.805. The van der Waals surface area contributed by atoms with Crippen LogP contribution in [0.15, 0.2) is 42.5 Å². The first-order valence-corrected chi connectivity index (χ1v) is 7.09. The number of benzene rings is 2. The van der Waals surface area contributed by atoms with E-state index in [0.29, 0.717) is 10.6 Å². The monoisotopic (exact) mass is 289 g/mol. The SMILES string of the molecule is CC.Cc1ccc(NC(=O)c2c(C)cccc2Cl)cc1. The molecule has 0 aliphatic heterocycles. The highest BCUT2D eigenvalue weighted by Gasteiger charge is 2.12. The van der Waals surface area contributed by atoms with Gasteiger partial charge in [0.2, 0.25) is 0 Å². The molecule has 3 heteroatoms. The molecular weight excluding hydrogens is 270 g/mol. The third-order valence-corrected chi connectivity index (χ3v) is 3.07. The van der Waals surface area contributed by atoms with Crippen LogP contribution in [0.4, 0.5) is 5.69 Å². The summed E-state index contributed by atoms with van der Waals surface area (Å²) in [5.41, 5.74) is 3.32. The molecule has 1 amide bonds. The molecule has 1 N–H and O–H groups in total. The molecule has 0 aliphatic rings. The lowest BCUT2D eigenvalue weighted by atomic mass is 10.1. The van der Waals surface area contributed by atoms with Gasteiger partial charge in [0, 0.05) is 5.69 Å². The van der Waals surface area contributed by atoms with E-state index in [1.54, 1.807) is 6.07 Å². The van der Waals surface area contributed by atoms with E-state index in [0.717, 1.165) is 16.8 Å². The van der Waals surface area contributed by atoms with Crippen LogP contribution in [0.3, 0.4) is 0 Å². The molecule has 0 unspecified atom stereocenters. The summed E-state index contributed by atoms with van der Waals surface area (Å²) in [5.74, 6) is -0.179. The topological polar surface area (TPSA) is 29.1 Å². The fourth-order valence-corrected chi connectivity index (χ4v) is 2.06. The lowest BCUT2D eigenvalue weighted by Gasteiger charge is -2.09. The average Bonchev–Trinajstić information content (AvgIpc) is 2.43. The normalized spacial score (nSPS) is 9.45. The molecule has 2 aromatic carbocycles. The second-order valence-electron chi connectivity index (χ2n) is 4.25. The van der Waals surface area contributed by atoms with Gasteiger partial charge in [-0.25, -0.2) is 0 Å². The number of amides is 1. The van der Waals surface area contributed by atoms with Crippen LogP contribution in [-0.4, -0.2) is 5.91 Å². The van der Waals surface area contributed by atoms with E-state index >= 15 is 0 Å². The maximum absolute atomic E-state index is 12.1. The Kier molecular flexibility index (Phi) is 6.26. The first kappa shape index (κ1) is 16.3. The highest BCUT2D eigenvalue weighted by atomic mass is 35.5. The standard InChI is InChI=1S/C15H14ClNO.C2H6/c1-10-6-8-12(9-7-10)17-15(18)14-11(2)4-3-5-13(14)16;1-2/h3-9H,1-2H3,(H,17,18);1-2H3. The minimum Gasteiger partial charge on any atom is -0.322 e. The molecule has 0 saturated heterocycles. The number of rotatable bonds is 2. The first-order valence-electron chi connectivity index (χ1n) is 6.71. The number of carbonyl (C=O) groups is 1. The Morgan fingerprint density at radius 1 is 1.00 bits per heavy atom. The third-order valence-electron chi connectivity index (χ3n) is 2.76. The van der Waals surface area contributed by atoms with Crippen molar-refractivity contribution < 1.29 is 4.79 Å². The number of nitrogens with one attached hydrogen (secondary N) is 1. The fourth-order valence-electron chi connectivity index (χ4n) is 1.75. The second kappa shape index (κ2) is 7.71. The van der Waals surface area contributed by atoms with Gasteiger partial charge in [0.25, 0.3) is 5.91 Å². The van der Waals surface area contributed by atoms with Gasteiger partial charge in [-0.15, -0.1) is 0 Å². The van der Waals surface area contributed by atoms with E-state index in [1.807, 2.05) is 64.1 Å². The van der Waals surface area contributed by atoms with Gasteiger partial charge in [0.15, 0.2) is 0 Å². The van der Waals surface area contributed by atoms with Gasteiger partial charge in [-0.3, -0.25) is 4.79 Å². The molecular formula is C17H20ClNO. The van der Waals surface area contributed by atoms with Crippen LogP contribution < -0.4 is 5.32 Å². The molecule has 2 nitrogen and oxygen atoms in total. The molecule has 0 radical (unpaired) electrons. The maximum Gasteiger partial charge on any atom is 0.257 e. The first-order chi connectivity index (χ1) is 9.58.